The van der Waals surface area contributed by atoms with Crippen LogP contribution in [0.15, 0.2) is 24.3 Å². The molecule has 2 atom stereocenters. The lowest BCUT2D eigenvalue weighted by molar-refractivity contribution is -0.120. The van der Waals surface area contributed by atoms with E-state index in [1.54, 1.807) is 0 Å². The van der Waals surface area contributed by atoms with Crippen LogP contribution >= 0.6 is 0 Å². The average molecular weight is 392 g/mol. The van der Waals surface area contributed by atoms with Crippen molar-refractivity contribution in [3.63, 3.8) is 0 Å². The van der Waals surface area contributed by atoms with Gasteiger partial charge in [0.2, 0.25) is 11.9 Å². The van der Waals surface area contributed by atoms with Gasteiger partial charge in [0.1, 0.15) is 11.4 Å². The molecule has 2 saturated heterocycles. The van der Waals surface area contributed by atoms with Crippen molar-refractivity contribution in [2.45, 2.75) is 44.7 Å². The second kappa shape index (κ2) is 7.02. The van der Waals surface area contributed by atoms with Crippen molar-refractivity contribution in [2.24, 2.45) is 0 Å². The number of anilines is 3. The van der Waals surface area contributed by atoms with Crippen molar-refractivity contribution in [3.05, 3.63) is 41.1 Å². The predicted molar refractivity (Wildman–Crippen MR) is 109 cm³/mol. The standard InChI is InChI=1S/C21H24N6O2/c1-12-3-2-10-27(12)21-25-16-11-23-20(29)17(16)18(26-21)24-14-6-4-13(5-7-14)15-8-9-22-19(15)28/h4-7,12,15H,2-3,8-11H2,1H3,(H,22,28)(H,23,29)(H,24,25,26). The Morgan fingerprint density at radius 2 is 1.93 bits per heavy atom. The first-order valence-corrected chi connectivity index (χ1v) is 10.2. The Morgan fingerprint density at radius 3 is 2.62 bits per heavy atom. The van der Waals surface area contributed by atoms with Crippen LogP contribution in [-0.2, 0) is 11.3 Å². The third-order valence-corrected chi connectivity index (χ3v) is 6.05. The summed E-state index contributed by atoms with van der Waals surface area (Å²) in [5.74, 6) is 1.06. The first-order chi connectivity index (χ1) is 14.1. The lowest BCUT2D eigenvalue weighted by Crippen LogP contribution is -2.29. The minimum atomic E-state index is -0.150. The minimum absolute atomic E-state index is 0.0821. The summed E-state index contributed by atoms with van der Waals surface area (Å²) in [5, 5.41) is 9.02. The van der Waals surface area contributed by atoms with Crippen molar-refractivity contribution in [3.8, 4) is 0 Å². The number of aromatic nitrogens is 2. The molecule has 150 valence electrons. The van der Waals surface area contributed by atoms with Crippen molar-refractivity contribution in [1.29, 1.82) is 0 Å². The van der Waals surface area contributed by atoms with E-state index >= 15 is 0 Å². The fourth-order valence-electron chi connectivity index (χ4n) is 4.41. The van der Waals surface area contributed by atoms with E-state index in [1.165, 1.54) is 0 Å². The molecule has 1 aromatic heterocycles. The number of amides is 2. The van der Waals surface area contributed by atoms with Gasteiger partial charge >= 0.3 is 0 Å². The van der Waals surface area contributed by atoms with Crippen LogP contribution in [0, 0.1) is 0 Å². The number of hydrogen-bond donors (Lipinski definition) is 3. The van der Waals surface area contributed by atoms with E-state index in [4.69, 9.17) is 4.98 Å². The van der Waals surface area contributed by atoms with Crippen LogP contribution in [0.1, 0.15) is 53.7 Å². The Morgan fingerprint density at radius 1 is 1.10 bits per heavy atom. The molecule has 3 N–H and O–H groups in total. The number of nitrogens with one attached hydrogen (secondary N) is 3. The van der Waals surface area contributed by atoms with E-state index in [9.17, 15) is 9.59 Å². The van der Waals surface area contributed by atoms with Crippen LogP contribution in [0.5, 0.6) is 0 Å². The third kappa shape index (κ3) is 3.18. The molecule has 0 radical (unpaired) electrons. The lowest BCUT2D eigenvalue weighted by atomic mass is 9.97. The molecule has 2 aromatic rings. The van der Waals surface area contributed by atoms with Gasteiger partial charge in [0.15, 0.2) is 0 Å². The van der Waals surface area contributed by atoms with Gasteiger partial charge in [0.05, 0.1) is 18.2 Å². The molecule has 2 fully saturated rings. The average Bonchev–Trinajstić information content (AvgIpc) is 3.43. The molecule has 3 aliphatic heterocycles. The van der Waals surface area contributed by atoms with Crippen LogP contribution in [0.4, 0.5) is 17.5 Å². The van der Waals surface area contributed by atoms with Crippen molar-refractivity contribution in [1.82, 2.24) is 20.6 Å². The fraction of sp³-hybridized carbons (Fsp3) is 0.429. The molecule has 3 aliphatic rings. The summed E-state index contributed by atoms with van der Waals surface area (Å²) >= 11 is 0. The van der Waals surface area contributed by atoms with Crippen LogP contribution < -0.4 is 20.9 Å². The summed E-state index contributed by atoms with van der Waals surface area (Å²) < 4.78 is 0. The number of carbonyl (C=O) groups is 2. The molecular formula is C21H24N6O2. The molecule has 0 spiro atoms. The normalized spacial score (nSPS) is 23.1. The van der Waals surface area contributed by atoms with Crippen LogP contribution in [0.2, 0.25) is 0 Å². The highest BCUT2D eigenvalue weighted by atomic mass is 16.2. The molecule has 4 heterocycles. The Balaban J connectivity index is 1.45. The number of hydrogen-bond acceptors (Lipinski definition) is 6. The molecule has 5 rings (SSSR count). The zero-order valence-corrected chi connectivity index (χ0v) is 16.4. The Kier molecular flexibility index (Phi) is 4.34. The second-order valence-electron chi connectivity index (χ2n) is 7.94. The molecule has 0 aliphatic carbocycles. The fourth-order valence-corrected chi connectivity index (χ4v) is 4.41. The highest BCUT2D eigenvalue weighted by Gasteiger charge is 2.30. The molecular weight excluding hydrogens is 368 g/mol. The van der Waals surface area contributed by atoms with Gasteiger partial charge in [-0.2, -0.15) is 4.98 Å². The summed E-state index contributed by atoms with van der Waals surface area (Å²) in [5.41, 5.74) is 3.08. The Bertz CT molecular complexity index is 974. The van der Waals surface area contributed by atoms with Crippen LogP contribution in [0.25, 0.3) is 0 Å². The maximum atomic E-state index is 12.3. The SMILES string of the molecule is CC1CCCN1c1nc2c(c(Nc3ccc(C4CCNC4=O)cc3)n1)C(=O)NC2. The number of carbonyl (C=O) groups excluding carboxylic acids is 2. The zero-order valence-electron chi connectivity index (χ0n) is 16.4. The number of benzene rings is 1. The summed E-state index contributed by atoms with van der Waals surface area (Å²) in [4.78, 5) is 35.8. The van der Waals surface area contributed by atoms with E-state index in [2.05, 4.69) is 32.8 Å². The molecule has 0 saturated carbocycles. The van der Waals surface area contributed by atoms with E-state index in [1.807, 2.05) is 24.3 Å². The van der Waals surface area contributed by atoms with Gasteiger partial charge in [0.25, 0.3) is 5.91 Å². The number of rotatable bonds is 4. The van der Waals surface area contributed by atoms with Gasteiger partial charge in [-0.05, 0) is 43.9 Å². The van der Waals surface area contributed by atoms with Crippen LogP contribution in [-0.4, -0.2) is 40.9 Å². The maximum absolute atomic E-state index is 12.3. The maximum Gasteiger partial charge on any atom is 0.257 e. The van der Waals surface area contributed by atoms with Crippen molar-refractivity contribution < 1.29 is 9.59 Å². The predicted octanol–water partition coefficient (Wildman–Crippen LogP) is 2.06. The molecule has 0 bridgehead atoms. The smallest absolute Gasteiger partial charge is 0.257 e. The van der Waals surface area contributed by atoms with Gasteiger partial charge < -0.3 is 20.9 Å². The molecule has 29 heavy (non-hydrogen) atoms. The molecule has 1 aromatic carbocycles. The van der Waals surface area contributed by atoms with Gasteiger partial charge in [-0.1, -0.05) is 12.1 Å². The zero-order chi connectivity index (χ0) is 20.0. The van der Waals surface area contributed by atoms with Crippen molar-refractivity contribution in [2.75, 3.05) is 23.3 Å². The monoisotopic (exact) mass is 392 g/mol. The molecule has 2 unspecified atom stereocenters. The summed E-state index contributed by atoms with van der Waals surface area (Å²) in [7, 11) is 0. The summed E-state index contributed by atoms with van der Waals surface area (Å²) in [6.45, 7) is 4.26. The summed E-state index contributed by atoms with van der Waals surface area (Å²) in [6, 6.07) is 8.18. The van der Waals surface area contributed by atoms with E-state index in [0.29, 0.717) is 29.9 Å². The minimum Gasteiger partial charge on any atom is -0.356 e. The number of fused-ring (bicyclic) bond motifs is 1. The lowest BCUT2D eigenvalue weighted by Gasteiger charge is -2.22. The Hall–Kier alpha value is -3.16. The Labute approximate surface area is 169 Å². The van der Waals surface area contributed by atoms with Gasteiger partial charge in [-0.25, -0.2) is 4.98 Å². The van der Waals surface area contributed by atoms with E-state index < -0.39 is 0 Å². The van der Waals surface area contributed by atoms with Gasteiger partial charge in [0, 0.05) is 24.8 Å². The van der Waals surface area contributed by atoms with Gasteiger partial charge in [-0.3, -0.25) is 9.59 Å². The van der Waals surface area contributed by atoms with E-state index in [0.717, 1.165) is 49.3 Å². The summed E-state index contributed by atoms with van der Waals surface area (Å²) in [6.07, 6.45) is 3.07. The van der Waals surface area contributed by atoms with E-state index in [-0.39, 0.29) is 17.7 Å². The topological polar surface area (TPSA) is 99.2 Å². The highest BCUT2D eigenvalue weighted by molar-refractivity contribution is 6.03. The molecule has 2 amide bonds. The molecule has 8 heteroatoms. The first kappa shape index (κ1) is 17.9. The first-order valence-electron chi connectivity index (χ1n) is 10.2. The third-order valence-electron chi connectivity index (χ3n) is 6.05. The largest absolute Gasteiger partial charge is 0.356 e. The van der Waals surface area contributed by atoms with Crippen LogP contribution in [0.3, 0.4) is 0 Å². The number of nitrogens with zero attached hydrogens (tertiary/aromatic N) is 3. The quantitative estimate of drug-likeness (QED) is 0.737. The second-order valence-corrected chi connectivity index (χ2v) is 7.94. The van der Waals surface area contributed by atoms with Crippen molar-refractivity contribution >= 4 is 29.3 Å². The highest BCUT2D eigenvalue weighted by Crippen LogP contribution is 2.31. The van der Waals surface area contributed by atoms with Gasteiger partial charge in [-0.15, -0.1) is 0 Å². The molecule has 8 nitrogen and oxygen atoms in total.